The maximum atomic E-state index is 12.9. The fourth-order valence-corrected chi connectivity index (χ4v) is 4.00. The van der Waals surface area contributed by atoms with Crippen LogP contribution in [0.3, 0.4) is 0 Å². The molecule has 1 N–H and O–H groups in total. The van der Waals surface area contributed by atoms with Gasteiger partial charge in [-0.05, 0) is 48.9 Å². The summed E-state index contributed by atoms with van der Waals surface area (Å²) in [6.45, 7) is 4.45. The Bertz CT molecular complexity index is 1150. The molecule has 0 saturated carbocycles. The lowest BCUT2D eigenvalue weighted by Gasteiger charge is -2.20. The van der Waals surface area contributed by atoms with E-state index in [1.165, 1.54) is 6.08 Å². The number of carbonyl (C=O) groups is 1. The second-order valence-corrected chi connectivity index (χ2v) is 7.78. The Morgan fingerprint density at radius 3 is 2.57 bits per heavy atom. The SMILES string of the molecule is Cc1cc(/C=C2/C(=N)N3N=C(C(F)(F)F)SC3=NC2=O)c(C)n1Cc1ccccc1. The van der Waals surface area contributed by atoms with Gasteiger partial charge < -0.3 is 4.57 Å². The van der Waals surface area contributed by atoms with Crippen LogP contribution in [0.2, 0.25) is 0 Å². The quantitative estimate of drug-likeness (QED) is 0.735. The zero-order valence-electron chi connectivity index (χ0n) is 16.0. The predicted molar refractivity (Wildman–Crippen MR) is 111 cm³/mol. The van der Waals surface area contributed by atoms with Crippen molar-refractivity contribution in [3.05, 3.63) is 64.5 Å². The van der Waals surface area contributed by atoms with Crippen molar-refractivity contribution in [3.8, 4) is 0 Å². The molecule has 2 aliphatic rings. The van der Waals surface area contributed by atoms with Crippen molar-refractivity contribution in [2.75, 3.05) is 0 Å². The van der Waals surface area contributed by atoms with Gasteiger partial charge >= 0.3 is 6.18 Å². The van der Waals surface area contributed by atoms with Crippen molar-refractivity contribution < 1.29 is 18.0 Å². The molecule has 0 unspecified atom stereocenters. The van der Waals surface area contributed by atoms with Crippen LogP contribution >= 0.6 is 11.8 Å². The van der Waals surface area contributed by atoms with Crippen LogP contribution in [0, 0.1) is 19.3 Å². The second-order valence-electron chi connectivity index (χ2n) is 6.82. The first-order valence-electron chi connectivity index (χ1n) is 8.93. The fourth-order valence-electron chi connectivity index (χ4n) is 3.25. The normalized spacial score (nSPS) is 18.0. The number of carbonyl (C=O) groups excluding carboxylic acids is 1. The van der Waals surface area contributed by atoms with E-state index in [0.717, 1.165) is 22.0 Å². The average molecular weight is 431 g/mol. The van der Waals surface area contributed by atoms with E-state index in [4.69, 9.17) is 5.41 Å². The Balaban J connectivity index is 1.68. The summed E-state index contributed by atoms with van der Waals surface area (Å²) in [5.74, 6) is -1.19. The fraction of sp³-hybridized carbons (Fsp3) is 0.200. The maximum absolute atomic E-state index is 12.9. The van der Waals surface area contributed by atoms with Crippen LogP contribution in [-0.4, -0.2) is 37.7 Å². The molecule has 0 spiro atoms. The molecule has 1 aromatic carbocycles. The number of thioether (sulfide) groups is 1. The number of alkyl halides is 3. The van der Waals surface area contributed by atoms with Crippen LogP contribution in [0.4, 0.5) is 13.2 Å². The number of amides is 1. The lowest BCUT2D eigenvalue weighted by molar-refractivity contribution is -0.114. The van der Waals surface area contributed by atoms with Gasteiger partial charge in [-0.1, -0.05) is 30.3 Å². The lowest BCUT2D eigenvalue weighted by atomic mass is 10.1. The monoisotopic (exact) mass is 431 g/mol. The molecule has 4 rings (SSSR count). The zero-order valence-corrected chi connectivity index (χ0v) is 16.8. The van der Waals surface area contributed by atoms with Gasteiger partial charge in [-0.3, -0.25) is 10.2 Å². The van der Waals surface area contributed by atoms with Crippen LogP contribution in [0.25, 0.3) is 6.08 Å². The molecule has 0 radical (unpaired) electrons. The Morgan fingerprint density at radius 2 is 1.90 bits per heavy atom. The number of hydrogen-bond acceptors (Lipinski definition) is 4. The van der Waals surface area contributed by atoms with Gasteiger partial charge in [-0.15, -0.1) is 0 Å². The molecule has 1 amide bonds. The molecule has 0 bridgehead atoms. The highest BCUT2D eigenvalue weighted by Crippen LogP contribution is 2.35. The number of aliphatic imine (C=N–C) groups is 1. The standard InChI is InChI=1S/C20H16F3N5OS/c1-11-8-14(12(2)27(11)10-13-6-4-3-5-7-13)9-15-16(24)28-19(25-17(15)29)30-18(26-28)20(21,22)23/h3-9,24H,10H2,1-2H3/b15-9-,24-16?. The van der Waals surface area contributed by atoms with E-state index in [1.54, 1.807) is 0 Å². The number of hydrogen-bond donors (Lipinski definition) is 1. The topological polar surface area (TPSA) is 73.8 Å². The third-order valence-electron chi connectivity index (χ3n) is 4.79. The molecule has 0 aliphatic carbocycles. The molecule has 154 valence electrons. The number of fused-ring (bicyclic) bond motifs is 1. The summed E-state index contributed by atoms with van der Waals surface area (Å²) in [6.07, 6.45) is -3.18. The number of halogens is 3. The van der Waals surface area contributed by atoms with Crippen LogP contribution in [-0.2, 0) is 11.3 Å². The summed E-state index contributed by atoms with van der Waals surface area (Å²) < 4.78 is 40.9. The zero-order chi connectivity index (χ0) is 21.6. The van der Waals surface area contributed by atoms with Crippen molar-refractivity contribution in [1.29, 1.82) is 5.41 Å². The highest BCUT2D eigenvalue weighted by Gasteiger charge is 2.46. The molecule has 2 aromatic rings. The van der Waals surface area contributed by atoms with E-state index in [1.807, 2.05) is 50.2 Å². The highest BCUT2D eigenvalue weighted by atomic mass is 32.2. The smallest absolute Gasteiger partial charge is 0.344 e. The number of aryl methyl sites for hydroxylation is 1. The van der Waals surface area contributed by atoms with Gasteiger partial charge in [0.05, 0.1) is 5.57 Å². The number of nitrogens with zero attached hydrogens (tertiary/aromatic N) is 4. The third-order valence-corrected chi connectivity index (χ3v) is 5.75. The summed E-state index contributed by atoms with van der Waals surface area (Å²) in [5, 5.41) is 11.0. The van der Waals surface area contributed by atoms with Gasteiger partial charge in [-0.25, -0.2) is 0 Å². The third kappa shape index (κ3) is 3.58. The number of hydrazone groups is 1. The predicted octanol–water partition coefficient (Wildman–Crippen LogP) is 4.33. The maximum Gasteiger partial charge on any atom is 0.441 e. The summed E-state index contributed by atoms with van der Waals surface area (Å²) in [7, 11) is 0. The first-order chi connectivity index (χ1) is 14.1. The number of rotatable bonds is 3. The van der Waals surface area contributed by atoms with Gasteiger partial charge in [0.1, 0.15) is 0 Å². The Hall–Kier alpha value is -3.14. The molecule has 2 aliphatic heterocycles. The largest absolute Gasteiger partial charge is 0.441 e. The second kappa shape index (κ2) is 7.28. The average Bonchev–Trinajstić information content (AvgIpc) is 3.23. The number of aromatic nitrogens is 1. The van der Waals surface area contributed by atoms with Gasteiger partial charge in [0.2, 0.25) is 10.2 Å². The molecule has 6 nitrogen and oxygen atoms in total. The van der Waals surface area contributed by atoms with E-state index < -0.39 is 23.0 Å². The molecule has 0 atom stereocenters. The molecule has 10 heteroatoms. The van der Waals surface area contributed by atoms with Crippen LogP contribution < -0.4 is 0 Å². The molecule has 0 fully saturated rings. The number of benzene rings is 1. The molecule has 1 aromatic heterocycles. The first kappa shape index (κ1) is 20.1. The van der Waals surface area contributed by atoms with Crippen molar-refractivity contribution in [1.82, 2.24) is 9.58 Å². The van der Waals surface area contributed by atoms with Crippen molar-refractivity contribution in [2.45, 2.75) is 26.6 Å². The van der Waals surface area contributed by atoms with Crippen LogP contribution in [0.15, 0.2) is 52.1 Å². The summed E-state index contributed by atoms with van der Waals surface area (Å²) in [5.41, 5.74) is 3.52. The Morgan fingerprint density at radius 1 is 1.20 bits per heavy atom. The molecule has 30 heavy (non-hydrogen) atoms. The van der Waals surface area contributed by atoms with Crippen molar-refractivity contribution >= 4 is 39.8 Å². The molecular formula is C20H16F3N5OS. The van der Waals surface area contributed by atoms with Gasteiger partial charge in [-0.2, -0.15) is 28.3 Å². The lowest BCUT2D eigenvalue weighted by Crippen LogP contribution is -2.35. The first-order valence-corrected chi connectivity index (χ1v) is 9.75. The van der Waals surface area contributed by atoms with E-state index in [2.05, 4.69) is 14.7 Å². The summed E-state index contributed by atoms with van der Waals surface area (Å²) in [6, 6.07) is 11.7. The van der Waals surface area contributed by atoms with E-state index in [0.29, 0.717) is 12.1 Å². The Labute approximate surface area is 174 Å². The van der Waals surface area contributed by atoms with E-state index in [9.17, 15) is 18.0 Å². The minimum Gasteiger partial charge on any atom is -0.344 e. The number of amidine groups is 2. The minimum atomic E-state index is -4.67. The van der Waals surface area contributed by atoms with E-state index >= 15 is 0 Å². The van der Waals surface area contributed by atoms with Crippen LogP contribution in [0.5, 0.6) is 0 Å². The van der Waals surface area contributed by atoms with Crippen molar-refractivity contribution in [2.24, 2.45) is 10.1 Å². The minimum absolute atomic E-state index is 0.105. The van der Waals surface area contributed by atoms with Gasteiger partial charge in [0.25, 0.3) is 5.91 Å². The Kier molecular flexibility index (Phi) is 4.89. The van der Waals surface area contributed by atoms with Crippen molar-refractivity contribution in [3.63, 3.8) is 0 Å². The van der Waals surface area contributed by atoms with E-state index in [-0.39, 0.29) is 22.5 Å². The number of nitrogens with one attached hydrogen (secondary N) is 1. The van der Waals surface area contributed by atoms with Crippen LogP contribution in [0.1, 0.15) is 22.5 Å². The summed E-state index contributed by atoms with van der Waals surface area (Å²) >= 11 is 0.236. The van der Waals surface area contributed by atoms with Gasteiger partial charge in [0, 0.05) is 17.9 Å². The highest BCUT2D eigenvalue weighted by molar-refractivity contribution is 8.27. The molecular weight excluding hydrogens is 415 g/mol. The van der Waals surface area contributed by atoms with Gasteiger partial charge in [0.15, 0.2) is 5.84 Å². The molecule has 0 saturated heterocycles. The molecule has 3 heterocycles. The summed E-state index contributed by atoms with van der Waals surface area (Å²) in [4.78, 5) is 16.1.